The van der Waals surface area contributed by atoms with Crippen LogP contribution in [-0.2, 0) is 16.0 Å². The largest absolute Gasteiger partial charge is 0.465 e. The van der Waals surface area contributed by atoms with E-state index in [9.17, 15) is 4.79 Å². The van der Waals surface area contributed by atoms with E-state index in [2.05, 4.69) is 18.7 Å². The summed E-state index contributed by atoms with van der Waals surface area (Å²) in [6, 6.07) is 10.2. The van der Waals surface area contributed by atoms with Gasteiger partial charge in [0.2, 0.25) is 0 Å². The second kappa shape index (κ2) is 4.30. The summed E-state index contributed by atoms with van der Waals surface area (Å²) in [4.78, 5) is 10.9. The van der Waals surface area contributed by atoms with Crippen LogP contribution in [-0.4, -0.2) is 12.6 Å². The second-order valence-corrected chi connectivity index (χ2v) is 3.90. The molecule has 0 spiro atoms. The Morgan fingerprint density at radius 2 is 2.13 bits per heavy atom. The average Bonchev–Trinajstić information content (AvgIpc) is 2.66. The van der Waals surface area contributed by atoms with Gasteiger partial charge in [-0.3, -0.25) is 4.79 Å². The summed E-state index contributed by atoms with van der Waals surface area (Å²) in [6.07, 6.45) is 1.33. The number of esters is 1. The number of carbonyl (C=O) groups excluding carboxylic acids is 1. The summed E-state index contributed by atoms with van der Waals surface area (Å²) < 4.78 is 4.92. The Bertz CT molecular complexity index is 367. The molecule has 0 saturated carbocycles. The molecule has 1 saturated heterocycles. The number of hydrogen-bond acceptors (Lipinski definition) is 2. The van der Waals surface area contributed by atoms with Crippen molar-refractivity contribution in [3.63, 3.8) is 0 Å². The van der Waals surface area contributed by atoms with Crippen molar-refractivity contribution in [2.45, 2.75) is 12.8 Å². The van der Waals surface area contributed by atoms with E-state index in [1.165, 1.54) is 5.56 Å². The lowest BCUT2D eigenvalue weighted by Gasteiger charge is -2.10. The Labute approximate surface area is 89.6 Å². The van der Waals surface area contributed by atoms with Crippen LogP contribution >= 0.6 is 0 Å². The summed E-state index contributed by atoms with van der Waals surface area (Å²) in [7, 11) is 0. The molecule has 2 nitrogen and oxygen atoms in total. The SMILES string of the molecule is C=C(Cc1ccccc1)C1COC(=O)C1. The van der Waals surface area contributed by atoms with Gasteiger partial charge in [-0.2, -0.15) is 0 Å². The number of carbonyl (C=O) groups is 1. The fourth-order valence-corrected chi connectivity index (χ4v) is 1.78. The van der Waals surface area contributed by atoms with Gasteiger partial charge < -0.3 is 4.74 Å². The molecule has 1 aliphatic heterocycles. The minimum absolute atomic E-state index is 0.103. The van der Waals surface area contributed by atoms with Gasteiger partial charge in [0.15, 0.2) is 0 Å². The lowest BCUT2D eigenvalue weighted by Crippen LogP contribution is -2.05. The first-order chi connectivity index (χ1) is 7.25. The van der Waals surface area contributed by atoms with Crippen LogP contribution in [0.25, 0.3) is 0 Å². The number of rotatable bonds is 3. The molecule has 2 heteroatoms. The molecule has 0 bridgehead atoms. The van der Waals surface area contributed by atoms with Crippen LogP contribution in [0.3, 0.4) is 0 Å². The van der Waals surface area contributed by atoms with Gasteiger partial charge in [0.1, 0.15) is 0 Å². The van der Waals surface area contributed by atoms with Gasteiger partial charge >= 0.3 is 5.97 Å². The van der Waals surface area contributed by atoms with Gasteiger partial charge in [-0.1, -0.05) is 42.5 Å². The predicted molar refractivity (Wildman–Crippen MR) is 58.4 cm³/mol. The summed E-state index contributed by atoms with van der Waals surface area (Å²) in [5.41, 5.74) is 2.33. The number of hydrogen-bond donors (Lipinski definition) is 0. The summed E-state index contributed by atoms with van der Waals surface area (Å²) in [6.45, 7) is 4.54. The Kier molecular flexibility index (Phi) is 2.86. The second-order valence-electron chi connectivity index (χ2n) is 3.90. The Hall–Kier alpha value is -1.57. The van der Waals surface area contributed by atoms with Crippen molar-refractivity contribution >= 4 is 5.97 Å². The van der Waals surface area contributed by atoms with Gasteiger partial charge in [-0.25, -0.2) is 0 Å². The molecule has 1 aromatic carbocycles. The molecule has 1 heterocycles. The molecule has 15 heavy (non-hydrogen) atoms. The van der Waals surface area contributed by atoms with Crippen LogP contribution in [0.15, 0.2) is 42.5 Å². The Morgan fingerprint density at radius 3 is 2.73 bits per heavy atom. The molecule has 2 rings (SSSR count). The van der Waals surface area contributed by atoms with Gasteiger partial charge in [-0.15, -0.1) is 0 Å². The fourth-order valence-electron chi connectivity index (χ4n) is 1.78. The molecule has 78 valence electrons. The van der Waals surface area contributed by atoms with E-state index in [1.54, 1.807) is 0 Å². The monoisotopic (exact) mass is 202 g/mol. The number of benzene rings is 1. The molecule has 0 aliphatic carbocycles. The van der Waals surface area contributed by atoms with Crippen molar-refractivity contribution in [3.05, 3.63) is 48.0 Å². The molecule has 1 atom stereocenters. The minimum Gasteiger partial charge on any atom is -0.465 e. The number of ether oxygens (including phenoxy) is 1. The molecule has 0 aromatic heterocycles. The Balaban J connectivity index is 1.96. The summed E-state index contributed by atoms with van der Waals surface area (Å²) >= 11 is 0. The molecule has 0 amide bonds. The highest BCUT2D eigenvalue weighted by molar-refractivity contribution is 5.72. The van der Waals surface area contributed by atoms with E-state index in [4.69, 9.17) is 4.74 Å². The van der Waals surface area contributed by atoms with E-state index in [-0.39, 0.29) is 11.9 Å². The smallest absolute Gasteiger partial charge is 0.306 e. The van der Waals surface area contributed by atoms with E-state index in [1.807, 2.05) is 18.2 Å². The van der Waals surface area contributed by atoms with Crippen molar-refractivity contribution in [1.82, 2.24) is 0 Å². The third kappa shape index (κ3) is 2.46. The fraction of sp³-hybridized carbons (Fsp3) is 0.308. The van der Waals surface area contributed by atoms with Crippen LogP contribution < -0.4 is 0 Å². The van der Waals surface area contributed by atoms with Gasteiger partial charge in [0.05, 0.1) is 13.0 Å². The van der Waals surface area contributed by atoms with Crippen LogP contribution in [0.4, 0.5) is 0 Å². The summed E-state index contributed by atoms with van der Waals surface area (Å²) in [5, 5.41) is 0. The van der Waals surface area contributed by atoms with Crippen molar-refractivity contribution in [2.24, 2.45) is 5.92 Å². The highest BCUT2D eigenvalue weighted by Gasteiger charge is 2.25. The first-order valence-corrected chi connectivity index (χ1v) is 5.13. The zero-order chi connectivity index (χ0) is 10.7. The minimum atomic E-state index is -0.103. The molecular weight excluding hydrogens is 188 g/mol. The average molecular weight is 202 g/mol. The predicted octanol–water partition coefficient (Wildman–Crippen LogP) is 2.35. The molecule has 1 aliphatic rings. The summed E-state index contributed by atoms with van der Waals surface area (Å²) in [5.74, 6) is 0.104. The maximum atomic E-state index is 10.9. The van der Waals surface area contributed by atoms with Gasteiger partial charge in [0, 0.05) is 5.92 Å². The highest BCUT2D eigenvalue weighted by Crippen LogP contribution is 2.23. The van der Waals surface area contributed by atoms with E-state index in [0.29, 0.717) is 13.0 Å². The zero-order valence-corrected chi connectivity index (χ0v) is 8.61. The molecule has 1 aromatic rings. The number of cyclic esters (lactones) is 1. The Morgan fingerprint density at radius 1 is 1.40 bits per heavy atom. The molecular formula is C13H14O2. The third-order valence-electron chi connectivity index (χ3n) is 2.71. The topological polar surface area (TPSA) is 26.3 Å². The normalized spacial score (nSPS) is 20.0. The molecule has 0 N–H and O–H groups in total. The molecule has 0 radical (unpaired) electrons. The lowest BCUT2D eigenvalue weighted by atomic mass is 9.94. The standard InChI is InChI=1S/C13H14O2/c1-10(12-8-13(14)15-9-12)7-11-5-3-2-4-6-11/h2-6,12H,1,7-9H2. The lowest BCUT2D eigenvalue weighted by molar-refractivity contribution is -0.137. The van der Waals surface area contributed by atoms with Crippen LogP contribution in [0.2, 0.25) is 0 Å². The molecule has 1 fully saturated rings. The van der Waals surface area contributed by atoms with Gasteiger partial charge in [0.25, 0.3) is 0 Å². The van der Waals surface area contributed by atoms with E-state index >= 15 is 0 Å². The van der Waals surface area contributed by atoms with Crippen molar-refractivity contribution in [1.29, 1.82) is 0 Å². The third-order valence-corrected chi connectivity index (χ3v) is 2.71. The maximum absolute atomic E-state index is 10.9. The van der Waals surface area contributed by atoms with Crippen LogP contribution in [0.1, 0.15) is 12.0 Å². The molecule has 1 unspecified atom stereocenters. The first-order valence-electron chi connectivity index (χ1n) is 5.13. The maximum Gasteiger partial charge on any atom is 0.306 e. The van der Waals surface area contributed by atoms with Crippen molar-refractivity contribution < 1.29 is 9.53 Å². The van der Waals surface area contributed by atoms with Crippen molar-refractivity contribution in [3.8, 4) is 0 Å². The first kappa shape index (κ1) is 9.97. The van der Waals surface area contributed by atoms with Crippen LogP contribution in [0, 0.1) is 5.92 Å². The van der Waals surface area contributed by atoms with Crippen LogP contribution in [0.5, 0.6) is 0 Å². The van der Waals surface area contributed by atoms with E-state index < -0.39 is 0 Å². The van der Waals surface area contributed by atoms with Crippen molar-refractivity contribution in [2.75, 3.05) is 6.61 Å². The van der Waals surface area contributed by atoms with Gasteiger partial charge in [-0.05, 0) is 12.0 Å². The zero-order valence-electron chi connectivity index (χ0n) is 8.61. The highest BCUT2D eigenvalue weighted by atomic mass is 16.5. The quantitative estimate of drug-likeness (QED) is 0.555. The van der Waals surface area contributed by atoms with E-state index in [0.717, 1.165) is 12.0 Å².